The number of amides is 2. The van der Waals surface area contributed by atoms with Crippen LogP contribution < -0.4 is 15.0 Å². The maximum Gasteiger partial charge on any atom is 0.270 e. The van der Waals surface area contributed by atoms with Gasteiger partial charge in [0.15, 0.2) is 5.11 Å². The summed E-state index contributed by atoms with van der Waals surface area (Å²) in [4.78, 5) is 27.3. The predicted molar refractivity (Wildman–Crippen MR) is 133 cm³/mol. The average Bonchev–Trinajstić information content (AvgIpc) is 3.32. The molecule has 0 atom stereocenters. The standard InChI is InChI=1S/C26H18N4O3S/c31-24-23(17-20-15-16-27-30(20)19-7-3-1-4-8-19)25(32)29(26(34)28-24)18-11-13-22(14-12-18)33-21-9-5-2-6-10-21/h1-17H,(H,28,31,34). The molecule has 8 heteroatoms. The van der Waals surface area contributed by atoms with Crippen molar-refractivity contribution in [2.45, 2.75) is 0 Å². The second-order valence-electron chi connectivity index (χ2n) is 7.37. The largest absolute Gasteiger partial charge is 0.457 e. The van der Waals surface area contributed by atoms with Crippen molar-refractivity contribution in [3.8, 4) is 17.2 Å². The Hall–Kier alpha value is -4.56. The zero-order valence-corrected chi connectivity index (χ0v) is 18.6. The first-order valence-corrected chi connectivity index (χ1v) is 10.8. The molecule has 1 N–H and O–H groups in total. The average molecular weight is 467 g/mol. The van der Waals surface area contributed by atoms with Gasteiger partial charge in [0.1, 0.15) is 17.1 Å². The van der Waals surface area contributed by atoms with Crippen LogP contribution in [-0.2, 0) is 9.59 Å². The minimum absolute atomic E-state index is 0.0143. The molecular formula is C26H18N4O3S. The fraction of sp³-hybridized carbons (Fsp3) is 0. The number of benzene rings is 3. The van der Waals surface area contributed by atoms with Crippen LogP contribution in [0.4, 0.5) is 5.69 Å². The van der Waals surface area contributed by atoms with Gasteiger partial charge >= 0.3 is 0 Å². The molecule has 1 aromatic heterocycles. The number of anilines is 1. The topological polar surface area (TPSA) is 76.5 Å². The lowest BCUT2D eigenvalue weighted by Crippen LogP contribution is -2.54. The van der Waals surface area contributed by atoms with Gasteiger partial charge in [-0.05, 0) is 72.9 Å². The Labute approximate surface area is 200 Å². The van der Waals surface area contributed by atoms with E-state index < -0.39 is 11.8 Å². The molecule has 4 aromatic rings. The molecule has 1 fully saturated rings. The number of ether oxygens (including phenoxy) is 1. The van der Waals surface area contributed by atoms with Crippen molar-refractivity contribution < 1.29 is 14.3 Å². The Morgan fingerprint density at radius 1 is 0.794 bits per heavy atom. The van der Waals surface area contributed by atoms with Crippen LogP contribution in [0.2, 0.25) is 0 Å². The van der Waals surface area contributed by atoms with Crippen LogP contribution in [0.1, 0.15) is 5.69 Å². The molecule has 0 saturated carbocycles. The number of rotatable bonds is 5. The number of aromatic nitrogens is 2. The van der Waals surface area contributed by atoms with Crippen molar-refractivity contribution >= 4 is 40.9 Å². The second kappa shape index (κ2) is 9.13. The van der Waals surface area contributed by atoms with E-state index in [9.17, 15) is 9.59 Å². The third-order valence-corrected chi connectivity index (χ3v) is 5.43. The van der Waals surface area contributed by atoms with Crippen LogP contribution in [0.15, 0.2) is 103 Å². The van der Waals surface area contributed by atoms with Crippen molar-refractivity contribution in [1.29, 1.82) is 0 Å². The molecule has 3 aromatic carbocycles. The van der Waals surface area contributed by atoms with Crippen molar-refractivity contribution in [2.75, 3.05) is 4.90 Å². The minimum atomic E-state index is -0.559. The molecule has 0 bridgehead atoms. The van der Waals surface area contributed by atoms with Gasteiger partial charge in [-0.15, -0.1) is 0 Å². The summed E-state index contributed by atoms with van der Waals surface area (Å²) in [6.45, 7) is 0. The monoisotopic (exact) mass is 466 g/mol. The van der Waals surface area contributed by atoms with Gasteiger partial charge in [0.25, 0.3) is 11.8 Å². The molecule has 166 valence electrons. The van der Waals surface area contributed by atoms with Gasteiger partial charge in [-0.3, -0.25) is 19.8 Å². The van der Waals surface area contributed by atoms with E-state index >= 15 is 0 Å². The number of nitrogens with one attached hydrogen (secondary N) is 1. The molecule has 0 spiro atoms. The summed E-state index contributed by atoms with van der Waals surface area (Å²) in [5, 5.41) is 6.93. The van der Waals surface area contributed by atoms with E-state index in [1.165, 1.54) is 11.0 Å². The van der Waals surface area contributed by atoms with Crippen LogP contribution in [-0.4, -0.2) is 26.7 Å². The maximum absolute atomic E-state index is 13.3. The lowest BCUT2D eigenvalue weighted by Gasteiger charge is -2.29. The summed E-state index contributed by atoms with van der Waals surface area (Å²) in [5.41, 5.74) is 1.86. The third-order valence-electron chi connectivity index (χ3n) is 5.14. The number of carbonyl (C=O) groups is 2. The summed E-state index contributed by atoms with van der Waals surface area (Å²) in [5.74, 6) is 0.228. The number of hydrogen-bond acceptors (Lipinski definition) is 5. The number of carbonyl (C=O) groups excluding carboxylic acids is 2. The molecule has 0 aliphatic carbocycles. The normalized spacial score (nSPS) is 14.9. The highest BCUT2D eigenvalue weighted by atomic mass is 32.1. The highest BCUT2D eigenvalue weighted by Crippen LogP contribution is 2.27. The number of nitrogens with zero attached hydrogens (tertiary/aromatic N) is 3. The van der Waals surface area contributed by atoms with Crippen molar-refractivity contribution in [3.05, 3.63) is 108 Å². The molecule has 5 rings (SSSR count). The van der Waals surface area contributed by atoms with Crippen LogP contribution in [0.25, 0.3) is 11.8 Å². The molecule has 1 saturated heterocycles. The number of thiocarbonyl (C=S) groups is 1. The smallest absolute Gasteiger partial charge is 0.270 e. The van der Waals surface area contributed by atoms with Gasteiger partial charge in [-0.2, -0.15) is 5.10 Å². The Morgan fingerprint density at radius 3 is 2.15 bits per heavy atom. The van der Waals surface area contributed by atoms with Crippen LogP contribution in [0.3, 0.4) is 0 Å². The lowest BCUT2D eigenvalue weighted by atomic mass is 10.1. The molecule has 1 aliphatic rings. The fourth-order valence-electron chi connectivity index (χ4n) is 3.54. The van der Waals surface area contributed by atoms with E-state index in [0.717, 1.165) is 5.69 Å². The van der Waals surface area contributed by atoms with Crippen LogP contribution >= 0.6 is 12.2 Å². The Bertz CT molecular complexity index is 1400. The van der Waals surface area contributed by atoms with Gasteiger partial charge in [0, 0.05) is 0 Å². The Balaban J connectivity index is 1.43. The zero-order valence-electron chi connectivity index (χ0n) is 17.8. The maximum atomic E-state index is 13.3. The van der Waals surface area contributed by atoms with Gasteiger partial charge in [-0.25, -0.2) is 4.68 Å². The first-order valence-electron chi connectivity index (χ1n) is 10.4. The van der Waals surface area contributed by atoms with Crippen LogP contribution in [0.5, 0.6) is 11.5 Å². The van der Waals surface area contributed by atoms with Gasteiger partial charge in [0.05, 0.1) is 23.3 Å². The fourth-order valence-corrected chi connectivity index (χ4v) is 3.82. The molecule has 2 heterocycles. The second-order valence-corrected chi connectivity index (χ2v) is 7.76. The van der Waals surface area contributed by atoms with E-state index in [4.69, 9.17) is 17.0 Å². The van der Waals surface area contributed by atoms with Crippen LogP contribution in [0, 0.1) is 0 Å². The Morgan fingerprint density at radius 2 is 1.44 bits per heavy atom. The first-order chi connectivity index (χ1) is 16.6. The summed E-state index contributed by atoms with van der Waals surface area (Å²) >= 11 is 5.30. The number of hydrogen-bond donors (Lipinski definition) is 1. The zero-order chi connectivity index (χ0) is 23.5. The third kappa shape index (κ3) is 4.22. The van der Waals surface area contributed by atoms with E-state index in [1.807, 2.05) is 60.7 Å². The van der Waals surface area contributed by atoms with Gasteiger partial charge < -0.3 is 4.74 Å². The summed E-state index contributed by atoms with van der Waals surface area (Å²) in [6.07, 6.45) is 3.12. The summed E-state index contributed by atoms with van der Waals surface area (Å²) in [7, 11) is 0. The van der Waals surface area contributed by atoms with E-state index in [1.54, 1.807) is 41.2 Å². The summed E-state index contributed by atoms with van der Waals surface area (Å²) < 4.78 is 7.46. The van der Waals surface area contributed by atoms with E-state index in [-0.39, 0.29) is 10.7 Å². The molecule has 2 amide bonds. The lowest BCUT2D eigenvalue weighted by molar-refractivity contribution is -0.122. The highest BCUT2D eigenvalue weighted by molar-refractivity contribution is 7.80. The summed E-state index contributed by atoms with van der Waals surface area (Å²) in [6, 6.07) is 27.5. The SMILES string of the molecule is O=C1NC(=S)N(c2ccc(Oc3ccccc3)cc2)C(=O)C1=Cc1ccnn1-c1ccccc1. The Kier molecular flexibility index (Phi) is 5.72. The quantitative estimate of drug-likeness (QED) is 0.266. The van der Waals surface area contributed by atoms with Crippen molar-refractivity contribution in [1.82, 2.24) is 15.1 Å². The molecule has 0 unspecified atom stereocenters. The van der Waals surface area contributed by atoms with Gasteiger partial charge in [0.2, 0.25) is 0 Å². The molecule has 1 aliphatic heterocycles. The first kappa shape index (κ1) is 21.3. The minimum Gasteiger partial charge on any atom is -0.457 e. The molecule has 34 heavy (non-hydrogen) atoms. The molecule has 0 radical (unpaired) electrons. The van der Waals surface area contributed by atoms with E-state index in [0.29, 0.717) is 22.9 Å². The van der Waals surface area contributed by atoms with Crippen molar-refractivity contribution in [3.63, 3.8) is 0 Å². The van der Waals surface area contributed by atoms with Gasteiger partial charge in [-0.1, -0.05) is 36.4 Å². The molecular weight excluding hydrogens is 448 g/mol. The predicted octanol–water partition coefficient (Wildman–Crippen LogP) is 4.50. The highest BCUT2D eigenvalue weighted by Gasteiger charge is 2.34. The number of para-hydroxylation sites is 2. The van der Waals surface area contributed by atoms with Crippen molar-refractivity contribution in [2.24, 2.45) is 0 Å². The molecule has 7 nitrogen and oxygen atoms in total. The van der Waals surface area contributed by atoms with E-state index in [2.05, 4.69) is 10.4 Å².